The van der Waals surface area contributed by atoms with Gasteiger partial charge in [-0.25, -0.2) is 0 Å². The van der Waals surface area contributed by atoms with E-state index in [0.717, 1.165) is 12.2 Å². The Labute approximate surface area is 164 Å². The van der Waals surface area contributed by atoms with E-state index >= 15 is 0 Å². The Kier molecular flexibility index (Phi) is 11.1. The summed E-state index contributed by atoms with van der Waals surface area (Å²) in [5, 5.41) is 18.8. The molecule has 0 heterocycles. The van der Waals surface area contributed by atoms with Crippen molar-refractivity contribution < 1.29 is 38.7 Å². The first kappa shape index (κ1) is 23.2. The van der Waals surface area contributed by atoms with Crippen LogP contribution in [0.25, 0.3) is 0 Å². The van der Waals surface area contributed by atoms with Gasteiger partial charge in [0.2, 0.25) is 0 Å². The summed E-state index contributed by atoms with van der Waals surface area (Å²) in [6.07, 6.45) is 2.20. The Morgan fingerprint density at radius 2 is 1.18 bits per heavy atom. The summed E-state index contributed by atoms with van der Waals surface area (Å²) in [6.45, 7) is 3.44. The number of hydrogen-bond donors (Lipinski definition) is 2. The SMILES string of the molecule is CC(=O)/C=C(\O)COCCOc1ccccc1OCCOC/C(O)=C/C(C)=O. The van der Waals surface area contributed by atoms with Crippen LogP contribution in [0.4, 0.5) is 0 Å². The molecule has 0 atom stereocenters. The van der Waals surface area contributed by atoms with E-state index in [1.54, 1.807) is 24.3 Å². The van der Waals surface area contributed by atoms with Gasteiger partial charge < -0.3 is 29.2 Å². The third kappa shape index (κ3) is 11.0. The Balaban J connectivity index is 2.30. The standard InChI is InChI=1S/C20H26O8/c1-15(21)11-17(23)13-25-7-9-27-19-5-3-4-6-20(19)28-10-8-26-14-18(24)12-16(2)22/h3-6,11-12,23-24H,7-10,13-14H2,1-2H3/b17-11-,18-12-. The summed E-state index contributed by atoms with van der Waals surface area (Å²) in [5.74, 6) is 0.263. The average molecular weight is 394 g/mol. The zero-order valence-corrected chi connectivity index (χ0v) is 16.1. The molecular weight excluding hydrogens is 368 g/mol. The second-order valence-electron chi connectivity index (χ2n) is 5.74. The number of carbonyl (C=O) groups excluding carboxylic acids is 2. The number of carbonyl (C=O) groups is 2. The summed E-state index contributed by atoms with van der Waals surface area (Å²) in [5.41, 5.74) is 0. The van der Waals surface area contributed by atoms with Gasteiger partial charge in [-0.15, -0.1) is 0 Å². The largest absolute Gasteiger partial charge is 0.510 e. The van der Waals surface area contributed by atoms with Crippen LogP contribution in [-0.4, -0.2) is 61.4 Å². The lowest BCUT2D eigenvalue weighted by Crippen LogP contribution is -2.11. The lowest BCUT2D eigenvalue weighted by molar-refractivity contribution is -0.113. The fourth-order valence-electron chi connectivity index (χ4n) is 2.02. The van der Waals surface area contributed by atoms with Crippen molar-refractivity contribution in [1.82, 2.24) is 0 Å². The molecule has 1 aromatic carbocycles. The molecule has 0 radical (unpaired) electrons. The van der Waals surface area contributed by atoms with Gasteiger partial charge in [-0.2, -0.15) is 0 Å². The molecule has 0 saturated carbocycles. The minimum atomic E-state index is -0.252. The van der Waals surface area contributed by atoms with E-state index in [1.807, 2.05) is 0 Å². The number of aliphatic hydroxyl groups excluding tert-OH is 2. The highest BCUT2D eigenvalue weighted by Crippen LogP contribution is 2.26. The number of ether oxygens (including phenoxy) is 4. The summed E-state index contributed by atoms with van der Waals surface area (Å²) in [6, 6.07) is 7.08. The monoisotopic (exact) mass is 394 g/mol. The van der Waals surface area contributed by atoms with E-state index < -0.39 is 0 Å². The van der Waals surface area contributed by atoms with Crippen molar-refractivity contribution in [3.8, 4) is 11.5 Å². The molecule has 0 aliphatic carbocycles. The highest BCUT2D eigenvalue weighted by Gasteiger charge is 2.05. The Bertz CT molecular complexity index is 634. The van der Waals surface area contributed by atoms with Crippen LogP contribution in [0.1, 0.15) is 13.8 Å². The van der Waals surface area contributed by atoms with Gasteiger partial charge in [0, 0.05) is 12.2 Å². The number of rotatable bonds is 14. The molecule has 8 nitrogen and oxygen atoms in total. The topological polar surface area (TPSA) is 112 Å². The lowest BCUT2D eigenvalue weighted by Gasteiger charge is -2.13. The molecule has 0 aromatic heterocycles. The molecule has 2 N–H and O–H groups in total. The van der Waals surface area contributed by atoms with Gasteiger partial charge in [0.1, 0.15) is 37.9 Å². The summed E-state index contributed by atoms with van der Waals surface area (Å²) in [4.78, 5) is 21.6. The number of allylic oxidation sites excluding steroid dienone is 2. The molecular formula is C20H26O8. The van der Waals surface area contributed by atoms with Crippen LogP contribution in [0.3, 0.4) is 0 Å². The van der Waals surface area contributed by atoms with E-state index in [9.17, 15) is 19.8 Å². The van der Waals surface area contributed by atoms with Crippen molar-refractivity contribution in [2.24, 2.45) is 0 Å². The third-order valence-electron chi connectivity index (χ3n) is 3.06. The molecule has 0 unspecified atom stereocenters. The minimum absolute atomic E-state index is 0.0661. The van der Waals surface area contributed by atoms with Crippen LogP contribution in [0.2, 0.25) is 0 Å². The quantitative estimate of drug-likeness (QED) is 0.281. The first-order chi connectivity index (χ1) is 13.4. The van der Waals surface area contributed by atoms with Gasteiger partial charge in [0.25, 0.3) is 0 Å². The van der Waals surface area contributed by atoms with E-state index in [2.05, 4.69) is 0 Å². The van der Waals surface area contributed by atoms with Crippen LogP contribution in [0.5, 0.6) is 11.5 Å². The van der Waals surface area contributed by atoms with Crippen molar-refractivity contribution in [3.63, 3.8) is 0 Å². The number of aliphatic hydroxyl groups is 2. The third-order valence-corrected chi connectivity index (χ3v) is 3.06. The van der Waals surface area contributed by atoms with Crippen molar-refractivity contribution >= 4 is 11.6 Å². The minimum Gasteiger partial charge on any atom is -0.510 e. The summed E-state index contributed by atoms with van der Waals surface area (Å²) < 4.78 is 21.6. The van der Waals surface area contributed by atoms with E-state index in [1.165, 1.54) is 13.8 Å². The van der Waals surface area contributed by atoms with Crippen LogP contribution in [0, 0.1) is 0 Å². The van der Waals surface area contributed by atoms with Crippen molar-refractivity contribution in [1.29, 1.82) is 0 Å². The number of benzene rings is 1. The van der Waals surface area contributed by atoms with E-state index in [4.69, 9.17) is 18.9 Å². The molecule has 0 aliphatic rings. The van der Waals surface area contributed by atoms with E-state index in [-0.39, 0.29) is 62.7 Å². The van der Waals surface area contributed by atoms with Gasteiger partial charge in [-0.3, -0.25) is 9.59 Å². The Morgan fingerprint density at radius 3 is 1.54 bits per heavy atom. The van der Waals surface area contributed by atoms with Crippen molar-refractivity contribution in [2.75, 3.05) is 39.6 Å². The maximum Gasteiger partial charge on any atom is 0.161 e. The van der Waals surface area contributed by atoms with Gasteiger partial charge in [-0.1, -0.05) is 12.1 Å². The average Bonchev–Trinajstić information content (AvgIpc) is 2.61. The molecule has 1 aromatic rings. The first-order valence-electron chi connectivity index (χ1n) is 8.68. The molecule has 28 heavy (non-hydrogen) atoms. The molecule has 0 bridgehead atoms. The Morgan fingerprint density at radius 1 is 0.786 bits per heavy atom. The van der Waals surface area contributed by atoms with Gasteiger partial charge >= 0.3 is 0 Å². The van der Waals surface area contributed by atoms with Gasteiger partial charge in [0.05, 0.1) is 13.2 Å². The number of para-hydroxylation sites is 2. The second-order valence-corrected chi connectivity index (χ2v) is 5.74. The zero-order valence-electron chi connectivity index (χ0n) is 16.1. The highest BCUT2D eigenvalue weighted by atomic mass is 16.6. The lowest BCUT2D eigenvalue weighted by atomic mass is 10.3. The van der Waals surface area contributed by atoms with Gasteiger partial charge in [0.15, 0.2) is 23.1 Å². The molecule has 0 aliphatic heterocycles. The Hall–Kier alpha value is -2.84. The van der Waals surface area contributed by atoms with Crippen LogP contribution < -0.4 is 9.47 Å². The summed E-state index contributed by atoms with van der Waals surface area (Å²) >= 11 is 0. The van der Waals surface area contributed by atoms with E-state index in [0.29, 0.717) is 11.5 Å². The van der Waals surface area contributed by atoms with Crippen LogP contribution >= 0.6 is 0 Å². The van der Waals surface area contributed by atoms with Gasteiger partial charge in [-0.05, 0) is 26.0 Å². The smallest absolute Gasteiger partial charge is 0.161 e. The highest BCUT2D eigenvalue weighted by molar-refractivity contribution is 5.87. The fourth-order valence-corrected chi connectivity index (χ4v) is 2.02. The predicted octanol–water partition coefficient (Wildman–Crippen LogP) is 2.54. The molecule has 1 rings (SSSR count). The van der Waals surface area contributed by atoms with Crippen molar-refractivity contribution in [3.05, 3.63) is 47.9 Å². The molecule has 0 saturated heterocycles. The molecule has 0 spiro atoms. The number of hydrogen-bond acceptors (Lipinski definition) is 8. The van der Waals surface area contributed by atoms with Crippen LogP contribution in [0.15, 0.2) is 47.9 Å². The first-order valence-corrected chi connectivity index (χ1v) is 8.68. The molecule has 8 heteroatoms. The van der Waals surface area contributed by atoms with Crippen LogP contribution in [-0.2, 0) is 19.1 Å². The van der Waals surface area contributed by atoms with Crippen molar-refractivity contribution in [2.45, 2.75) is 13.8 Å². The fraction of sp³-hybridized carbons (Fsp3) is 0.400. The maximum absolute atomic E-state index is 10.8. The zero-order chi connectivity index (χ0) is 20.8. The second kappa shape index (κ2) is 13.3. The normalized spacial score (nSPS) is 11.9. The maximum atomic E-state index is 10.8. The molecule has 154 valence electrons. The number of ketones is 2. The molecule has 0 fully saturated rings. The molecule has 0 amide bonds. The predicted molar refractivity (Wildman–Crippen MR) is 102 cm³/mol. The summed E-state index contributed by atoms with van der Waals surface area (Å²) in [7, 11) is 0.